The summed E-state index contributed by atoms with van der Waals surface area (Å²) in [7, 11) is 0. The molecule has 1 N–H and O–H groups in total. The zero-order chi connectivity index (χ0) is 9.90. The van der Waals surface area contributed by atoms with Crippen molar-refractivity contribution < 1.29 is 9.90 Å². The molecule has 1 unspecified atom stereocenters. The average Bonchev–Trinajstić information content (AvgIpc) is 2.54. The van der Waals surface area contributed by atoms with Crippen molar-refractivity contribution in [3.05, 3.63) is 12.7 Å². The molecule has 1 rings (SSSR count). The SMILES string of the molecule is C=CC(=O)C(C)(O)CN1CCCC1. The Hall–Kier alpha value is -0.670. The number of aliphatic hydroxyl groups is 1. The molecule has 0 radical (unpaired) electrons. The maximum absolute atomic E-state index is 11.2. The largest absolute Gasteiger partial charge is 0.381 e. The summed E-state index contributed by atoms with van der Waals surface area (Å²) in [5, 5.41) is 9.78. The molecule has 0 aliphatic carbocycles. The number of carbonyl (C=O) groups is 1. The lowest BCUT2D eigenvalue weighted by atomic mass is 10.0. The number of likely N-dealkylation sites (tertiary alicyclic amines) is 1. The van der Waals surface area contributed by atoms with Crippen LogP contribution in [0.4, 0.5) is 0 Å². The Morgan fingerprint density at radius 1 is 1.62 bits per heavy atom. The highest BCUT2D eigenvalue weighted by Gasteiger charge is 2.30. The van der Waals surface area contributed by atoms with Crippen molar-refractivity contribution in [3.63, 3.8) is 0 Å². The summed E-state index contributed by atoms with van der Waals surface area (Å²) in [6, 6.07) is 0. The number of hydrogen-bond acceptors (Lipinski definition) is 3. The molecule has 3 nitrogen and oxygen atoms in total. The Morgan fingerprint density at radius 3 is 2.62 bits per heavy atom. The van der Waals surface area contributed by atoms with E-state index < -0.39 is 5.60 Å². The van der Waals surface area contributed by atoms with Crippen molar-refractivity contribution in [2.24, 2.45) is 0 Å². The van der Waals surface area contributed by atoms with E-state index >= 15 is 0 Å². The van der Waals surface area contributed by atoms with Crippen LogP contribution >= 0.6 is 0 Å². The predicted octanol–water partition coefficient (Wildman–Crippen LogP) is 0.588. The van der Waals surface area contributed by atoms with Crippen LogP contribution in [0.15, 0.2) is 12.7 Å². The first-order valence-corrected chi connectivity index (χ1v) is 4.68. The fourth-order valence-corrected chi connectivity index (χ4v) is 1.67. The summed E-state index contributed by atoms with van der Waals surface area (Å²) in [4.78, 5) is 13.3. The molecule has 1 aliphatic heterocycles. The van der Waals surface area contributed by atoms with Gasteiger partial charge in [0.05, 0.1) is 0 Å². The smallest absolute Gasteiger partial charge is 0.187 e. The molecule has 0 aromatic rings. The molecule has 13 heavy (non-hydrogen) atoms. The third kappa shape index (κ3) is 2.64. The maximum atomic E-state index is 11.2. The van der Waals surface area contributed by atoms with Gasteiger partial charge in [0.15, 0.2) is 5.78 Å². The van der Waals surface area contributed by atoms with Crippen LogP contribution in [0.5, 0.6) is 0 Å². The van der Waals surface area contributed by atoms with Crippen LogP contribution in [-0.4, -0.2) is 41.0 Å². The first-order valence-electron chi connectivity index (χ1n) is 4.68. The second-order valence-corrected chi connectivity index (χ2v) is 3.83. The lowest BCUT2D eigenvalue weighted by Crippen LogP contribution is -2.45. The average molecular weight is 183 g/mol. The van der Waals surface area contributed by atoms with E-state index in [1.54, 1.807) is 6.92 Å². The summed E-state index contributed by atoms with van der Waals surface area (Å²) in [5.41, 5.74) is -1.26. The number of ketones is 1. The second-order valence-electron chi connectivity index (χ2n) is 3.83. The Balaban J connectivity index is 2.49. The highest BCUT2D eigenvalue weighted by molar-refractivity contribution is 5.96. The van der Waals surface area contributed by atoms with E-state index in [9.17, 15) is 9.90 Å². The Morgan fingerprint density at radius 2 is 2.15 bits per heavy atom. The van der Waals surface area contributed by atoms with Crippen LogP contribution < -0.4 is 0 Å². The van der Waals surface area contributed by atoms with Gasteiger partial charge in [-0.3, -0.25) is 4.79 Å². The second kappa shape index (κ2) is 4.03. The van der Waals surface area contributed by atoms with Crippen molar-refractivity contribution in [1.29, 1.82) is 0 Å². The van der Waals surface area contributed by atoms with Crippen molar-refractivity contribution >= 4 is 5.78 Å². The normalized spacial score (nSPS) is 22.6. The minimum atomic E-state index is -1.26. The molecule has 1 heterocycles. The third-order valence-electron chi connectivity index (χ3n) is 2.45. The maximum Gasteiger partial charge on any atom is 0.187 e. The lowest BCUT2D eigenvalue weighted by molar-refractivity contribution is -0.132. The molecule has 0 spiro atoms. The highest BCUT2D eigenvalue weighted by Crippen LogP contribution is 2.14. The zero-order valence-electron chi connectivity index (χ0n) is 8.12. The third-order valence-corrected chi connectivity index (χ3v) is 2.45. The number of hydrogen-bond donors (Lipinski definition) is 1. The summed E-state index contributed by atoms with van der Waals surface area (Å²) in [6.07, 6.45) is 3.52. The number of rotatable bonds is 4. The number of nitrogens with zero attached hydrogens (tertiary/aromatic N) is 1. The van der Waals surface area contributed by atoms with Crippen molar-refractivity contribution in [3.8, 4) is 0 Å². The Bertz CT molecular complexity index is 205. The van der Waals surface area contributed by atoms with Crippen molar-refractivity contribution in [2.75, 3.05) is 19.6 Å². The molecule has 0 bridgehead atoms. The quantitative estimate of drug-likeness (QED) is 0.648. The van der Waals surface area contributed by atoms with Gasteiger partial charge in [0.1, 0.15) is 5.60 Å². The van der Waals surface area contributed by atoms with E-state index in [4.69, 9.17) is 0 Å². The molecular formula is C10H17NO2. The van der Waals surface area contributed by atoms with Gasteiger partial charge in [-0.2, -0.15) is 0 Å². The van der Waals surface area contributed by atoms with Crippen LogP contribution in [0, 0.1) is 0 Å². The molecule has 0 aromatic heterocycles. The van der Waals surface area contributed by atoms with Gasteiger partial charge in [0, 0.05) is 6.54 Å². The van der Waals surface area contributed by atoms with E-state index in [0.717, 1.165) is 13.1 Å². The number of β-amino-alcohol motifs (C(OH)–C–C–N with tert-alkyl or cyclic N) is 1. The zero-order valence-corrected chi connectivity index (χ0v) is 8.12. The van der Waals surface area contributed by atoms with E-state index in [1.807, 2.05) is 0 Å². The van der Waals surface area contributed by atoms with Crippen LogP contribution in [0.3, 0.4) is 0 Å². The Labute approximate surface area is 79.0 Å². The first kappa shape index (κ1) is 10.4. The Kier molecular flexibility index (Phi) is 3.22. The molecule has 3 heteroatoms. The molecule has 74 valence electrons. The van der Waals surface area contributed by atoms with Crippen LogP contribution in [-0.2, 0) is 4.79 Å². The van der Waals surface area contributed by atoms with Gasteiger partial charge < -0.3 is 10.0 Å². The highest BCUT2D eigenvalue weighted by atomic mass is 16.3. The van der Waals surface area contributed by atoms with E-state index in [0.29, 0.717) is 6.54 Å². The van der Waals surface area contributed by atoms with Gasteiger partial charge in [-0.25, -0.2) is 0 Å². The molecule has 1 aliphatic rings. The van der Waals surface area contributed by atoms with Gasteiger partial charge in [-0.1, -0.05) is 6.58 Å². The fourth-order valence-electron chi connectivity index (χ4n) is 1.67. The monoisotopic (exact) mass is 183 g/mol. The van der Waals surface area contributed by atoms with Gasteiger partial charge in [-0.05, 0) is 38.9 Å². The van der Waals surface area contributed by atoms with E-state index in [2.05, 4.69) is 11.5 Å². The topological polar surface area (TPSA) is 40.5 Å². The summed E-state index contributed by atoms with van der Waals surface area (Å²) >= 11 is 0. The van der Waals surface area contributed by atoms with Crippen LogP contribution in [0.25, 0.3) is 0 Å². The van der Waals surface area contributed by atoms with Gasteiger partial charge in [-0.15, -0.1) is 0 Å². The van der Waals surface area contributed by atoms with Gasteiger partial charge >= 0.3 is 0 Å². The molecule has 1 fully saturated rings. The van der Waals surface area contributed by atoms with E-state index in [1.165, 1.54) is 18.9 Å². The minimum absolute atomic E-state index is 0.292. The van der Waals surface area contributed by atoms with Crippen LogP contribution in [0.1, 0.15) is 19.8 Å². The molecule has 0 saturated carbocycles. The first-order chi connectivity index (χ1) is 6.06. The lowest BCUT2D eigenvalue weighted by Gasteiger charge is -2.26. The molecule has 1 atom stereocenters. The van der Waals surface area contributed by atoms with Crippen LogP contribution in [0.2, 0.25) is 0 Å². The summed E-state index contributed by atoms with van der Waals surface area (Å²) < 4.78 is 0. The summed E-state index contributed by atoms with van der Waals surface area (Å²) in [6.45, 7) is 7.33. The summed E-state index contributed by atoms with van der Waals surface area (Å²) in [5.74, 6) is -0.292. The standard InChI is InChI=1S/C10H17NO2/c1-3-9(12)10(2,13)8-11-6-4-5-7-11/h3,13H,1,4-8H2,2H3. The molecular weight excluding hydrogens is 166 g/mol. The molecule has 1 saturated heterocycles. The van der Waals surface area contributed by atoms with Crippen molar-refractivity contribution in [2.45, 2.75) is 25.4 Å². The van der Waals surface area contributed by atoms with Crippen molar-refractivity contribution in [1.82, 2.24) is 4.90 Å². The van der Waals surface area contributed by atoms with E-state index in [-0.39, 0.29) is 5.78 Å². The predicted molar refractivity (Wildman–Crippen MR) is 51.5 cm³/mol. The molecule has 0 aromatic carbocycles. The van der Waals surface area contributed by atoms with Gasteiger partial charge in [0.25, 0.3) is 0 Å². The van der Waals surface area contributed by atoms with Gasteiger partial charge in [0.2, 0.25) is 0 Å². The fraction of sp³-hybridized carbons (Fsp3) is 0.700. The minimum Gasteiger partial charge on any atom is -0.381 e. The molecule has 0 amide bonds. The number of carbonyl (C=O) groups excluding carboxylic acids is 1.